The van der Waals surface area contributed by atoms with Crippen LogP contribution in [-0.2, 0) is 0 Å². The van der Waals surface area contributed by atoms with Crippen molar-refractivity contribution in [3.05, 3.63) is 0 Å². The van der Waals surface area contributed by atoms with Gasteiger partial charge in [-0.3, -0.25) is 0 Å². The second kappa shape index (κ2) is 6.38. The lowest BCUT2D eigenvalue weighted by molar-refractivity contribution is 0.584. The molecule has 0 aliphatic carbocycles. The largest absolute Gasteiger partial charge is 0.127 e. The molecule has 0 aromatic heterocycles. The van der Waals surface area contributed by atoms with E-state index >= 15 is 0 Å². The first-order chi connectivity index (χ1) is 5.12. The van der Waals surface area contributed by atoms with Crippen LogP contribution in [0.2, 0.25) is 0 Å². The molecule has 0 bridgehead atoms. The Morgan fingerprint density at radius 2 is 1.27 bits per heavy atom. The van der Waals surface area contributed by atoms with Crippen molar-refractivity contribution in [2.75, 3.05) is 0 Å². The van der Waals surface area contributed by atoms with Gasteiger partial charge in [0.15, 0.2) is 0 Å². The van der Waals surface area contributed by atoms with Crippen molar-refractivity contribution >= 4 is 18.5 Å². The molecule has 0 aromatic carbocycles. The molecule has 0 aromatic rings. The second-order valence-corrected chi connectivity index (χ2v) is 6.41. The molecule has 2 atom stereocenters. The third kappa shape index (κ3) is 7.23. The molecule has 0 aliphatic heterocycles. The van der Waals surface area contributed by atoms with E-state index in [1.807, 2.05) is 0 Å². The Morgan fingerprint density at radius 1 is 0.909 bits per heavy atom. The molecule has 68 valence electrons. The summed E-state index contributed by atoms with van der Waals surface area (Å²) in [5, 5.41) is 0. The molecule has 0 amide bonds. The van der Waals surface area contributed by atoms with Gasteiger partial charge in [0.1, 0.15) is 0 Å². The Bertz CT molecular complexity index is 79.6. The fourth-order valence-corrected chi connectivity index (χ4v) is 1.95. The lowest BCUT2D eigenvalue weighted by Gasteiger charge is -2.23. The van der Waals surface area contributed by atoms with Gasteiger partial charge in [0, 0.05) is 0 Å². The third-order valence-electron chi connectivity index (χ3n) is 1.99. The molecule has 0 spiro atoms. The van der Waals surface area contributed by atoms with Crippen LogP contribution in [0, 0.1) is 0 Å². The first-order valence-electron chi connectivity index (χ1n) is 4.70. The van der Waals surface area contributed by atoms with Crippen LogP contribution in [0.15, 0.2) is 0 Å². The Labute approximate surface area is 76.3 Å². The van der Waals surface area contributed by atoms with E-state index in [9.17, 15) is 0 Å². The zero-order valence-corrected chi connectivity index (χ0v) is 10.2. The van der Waals surface area contributed by atoms with Crippen molar-refractivity contribution in [1.29, 1.82) is 0 Å². The van der Waals surface area contributed by atoms with Gasteiger partial charge in [0.2, 0.25) is 0 Å². The molecular weight excluding hydrogens is 170 g/mol. The predicted octanol–water partition coefficient (Wildman–Crippen LogP) is 3.81. The van der Waals surface area contributed by atoms with Crippen LogP contribution in [-0.4, -0.2) is 4.90 Å². The van der Waals surface area contributed by atoms with Crippen molar-refractivity contribution in [2.24, 2.45) is 0 Å². The SMILES string of the molecule is CCCCC(P)(P)CCCC. The molecule has 0 aliphatic rings. The molecule has 0 saturated carbocycles. The van der Waals surface area contributed by atoms with Crippen LogP contribution < -0.4 is 0 Å². The van der Waals surface area contributed by atoms with Crippen molar-refractivity contribution in [1.82, 2.24) is 0 Å². The third-order valence-corrected chi connectivity index (χ3v) is 3.15. The standard InChI is InChI=1S/C9H22P2/c1-3-5-7-9(10,11)8-6-4-2/h3-8,10-11H2,1-2H3. The number of rotatable bonds is 6. The van der Waals surface area contributed by atoms with Crippen molar-refractivity contribution in [2.45, 2.75) is 57.3 Å². The van der Waals surface area contributed by atoms with Gasteiger partial charge < -0.3 is 0 Å². The van der Waals surface area contributed by atoms with Gasteiger partial charge in [-0.05, 0) is 17.7 Å². The van der Waals surface area contributed by atoms with Gasteiger partial charge in [-0.25, -0.2) is 0 Å². The smallest absolute Gasteiger partial charge is 0.000701 e. The summed E-state index contributed by atoms with van der Waals surface area (Å²) >= 11 is 0. The summed E-state index contributed by atoms with van der Waals surface area (Å²) in [6, 6.07) is 0. The Morgan fingerprint density at radius 3 is 1.55 bits per heavy atom. The van der Waals surface area contributed by atoms with Gasteiger partial charge in [0.05, 0.1) is 0 Å². The van der Waals surface area contributed by atoms with Crippen LogP contribution in [0.5, 0.6) is 0 Å². The van der Waals surface area contributed by atoms with Gasteiger partial charge in [-0.1, -0.05) is 39.5 Å². The van der Waals surface area contributed by atoms with E-state index in [0.29, 0.717) is 4.90 Å². The average Bonchev–Trinajstić information content (AvgIpc) is 1.97. The Balaban J connectivity index is 3.43. The summed E-state index contributed by atoms with van der Waals surface area (Å²) in [6.45, 7) is 4.51. The summed E-state index contributed by atoms with van der Waals surface area (Å²) in [6.07, 6.45) is 8.01. The van der Waals surface area contributed by atoms with Crippen molar-refractivity contribution in [3.8, 4) is 0 Å². The molecule has 0 N–H and O–H groups in total. The fraction of sp³-hybridized carbons (Fsp3) is 1.00. The fourth-order valence-electron chi connectivity index (χ4n) is 1.14. The minimum absolute atomic E-state index is 0.437. The van der Waals surface area contributed by atoms with Crippen LogP contribution in [0.1, 0.15) is 52.4 Å². The lowest BCUT2D eigenvalue weighted by Crippen LogP contribution is -2.10. The van der Waals surface area contributed by atoms with E-state index in [-0.39, 0.29) is 0 Å². The summed E-state index contributed by atoms with van der Waals surface area (Å²) < 4.78 is 0. The Hall–Kier alpha value is 0.860. The minimum atomic E-state index is 0.437. The van der Waals surface area contributed by atoms with E-state index < -0.39 is 0 Å². The highest BCUT2D eigenvalue weighted by Crippen LogP contribution is 2.37. The molecule has 0 saturated heterocycles. The van der Waals surface area contributed by atoms with Gasteiger partial charge >= 0.3 is 0 Å². The van der Waals surface area contributed by atoms with Crippen LogP contribution in [0.25, 0.3) is 0 Å². The molecule has 0 fully saturated rings. The molecule has 2 unspecified atom stereocenters. The van der Waals surface area contributed by atoms with Crippen LogP contribution in [0.4, 0.5) is 0 Å². The van der Waals surface area contributed by atoms with Gasteiger partial charge in [-0.2, -0.15) is 0 Å². The highest BCUT2D eigenvalue weighted by molar-refractivity contribution is 7.39. The highest BCUT2D eigenvalue weighted by Gasteiger charge is 2.15. The topological polar surface area (TPSA) is 0 Å². The number of unbranched alkanes of at least 4 members (excludes halogenated alkanes) is 2. The maximum absolute atomic E-state index is 2.98. The molecule has 0 nitrogen and oxygen atoms in total. The normalized spacial score (nSPS) is 12.0. The lowest BCUT2D eigenvalue weighted by atomic mass is 10.1. The first kappa shape index (κ1) is 11.9. The second-order valence-electron chi connectivity index (χ2n) is 3.44. The number of hydrogen-bond donors (Lipinski definition) is 0. The average molecular weight is 192 g/mol. The predicted molar refractivity (Wildman–Crippen MR) is 61.2 cm³/mol. The van der Waals surface area contributed by atoms with E-state index in [1.165, 1.54) is 38.5 Å². The molecule has 11 heavy (non-hydrogen) atoms. The summed E-state index contributed by atoms with van der Waals surface area (Å²) in [5.41, 5.74) is 0. The van der Waals surface area contributed by atoms with Crippen molar-refractivity contribution < 1.29 is 0 Å². The van der Waals surface area contributed by atoms with Crippen LogP contribution in [0.3, 0.4) is 0 Å². The van der Waals surface area contributed by atoms with E-state index in [1.54, 1.807) is 0 Å². The highest BCUT2D eigenvalue weighted by atomic mass is 31.1. The minimum Gasteiger partial charge on any atom is -0.127 e. The van der Waals surface area contributed by atoms with Gasteiger partial charge in [0.25, 0.3) is 0 Å². The number of hydrogen-bond acceptors (Lipinski definition) is 0. The quantitative estimate of drug-likeness (QED) is 0.561. The van der Waals surface area contributed by atoms with Gasteiger partial charge in [-0.15, -0.1) is 18.5 Å². The molecule has 2 heteroatoms. The maximum Gasteiger partial charge on any atom is -0.000701 e. The van der Waals surface area contributed by atoms with E-state index in [0.717, 1.165) is 0 Å². The zero-order chi connectivity index (χ0) is 8.74. The summed E-state index contributed by atoms with van der Waals surface area (Å²) in [4.78, 5) is 0.437. The maximum atomic E-state index is 2.98. The zero-order valence-electron chi connectivity index (χ0n) is 7.90. The summed E-state index contributed by atoms with van der Waals surface area (Å²) in [7, 11) is 5.96. The molecule has 0 radical (unpaired) electrons. The van der Waals surface area contributed by atoms with E-state index in [4.69, 9.17) is 0 Å². The summed E-state index contributed by atoms with van der Waals surface area (Å²) in [5.74, 6) is 0. The Kier molecular flexibility index (Phi) is 6.88. The monoisotopic (exact) mass is 192 g/mol. The van der Waals surface area contributed by atoms with Crippen LogP contribution >= 0.6 is 18.5 Å². The van der Waals surface area contributed by atoms with E-state index in [2.05, 4.69) is 32.3 Å². The molecule has 0 rings (SSSR count). The molecular formula is C9H22P2. The molecule has 0 heterocycles. The van der Waals surface area contributed by atoms with Crippen molar-refractivity contribution in [3.63, 3.8) is 0 Å². The first-order valence-corrected chi connectivity index (χ1v) is 5.85.